The van der Waals surface area contributed by atoms with Crippen molar-refractivity contribution in [3.63, 3.8) is 0 Å². The molecule has 0 radical (unpaired) electrons. The van der Waals surface area contributed by atoms with Crippen LogP contribution in [0.25, 0.3) is 0 Å². The van der Waals surface area contributed by atoms with Gasteiger partial charge in [-0.05, 0) is 50.6 Å². The predicted molar refractivity (Wildman–Crippen MR) is 107 cm³/mol. The van der Waals surface area contributed by atoms with Crippen LogP contribution in [0.4, 0.5) is 5.69 Å². The molecule has 2 aromatic rings. The first-order chi connectivity index (χ1) is 13.5. The van der Waals surface area contributed by atoms with Crippen LogP contribution in [0.5, 0.6) is 0 Å². The molecule has 0 aliphatic carbocycles. The number of nitrogens with one attached hydrogen (secondary N) is 2. The summed E-state index contributed by atoms with van der Waals surface area (Å²) in [6.45, 7) is 7.55. The standard InChI is InChI=1S/C21H27N3O4/c1-15-13-24(14-16(2)28-15)10-5-9-22-20(25)17-6-3-7-18(12-17)23-21(26)19-8-4-11-27-19/h3-4,6-8,11-12,15-16H,5,9-10,13-14H2,1-2H3,(H,22,25)(H,23,26). The minimum Gasteiger partial charge on any atom is -0.459 e. The van der Waals surface area contributed by atoms with Gasteiger partial charge in [-0.15, -0.1) is 0 Å². The van der Waals surface area contributed by atoms with Crippen molar-refractivity contribution in [2.24, 2.45) is 0 Å². The number of benzene rings is 1. The molecule has 1 aliphatic rings. The van der Waals surface area contributed by atoms with Crippen molar-refractivity contribution in [1.82, 2.24) is 10.2 Å². The second-order valence-corrected chi connectivity index (χ2v) is 7.14. The summed E-state index contributed by atoms with van der Waals surface area (Å²) in [7, 11) is 0. The number of amides is 2. The molecule has 1 aromatic carbocycles. The first-order valence-electron chi connectivity index (χ1n) is 9.62. The highest BCUT2D eigenvalue weighted by atomic mass is 16.5. The molecule has 7 nitrogen and oxygen atoms in total. The van der Waals surface area contributed by atoms with Gasteiger partial charge in [0, 0.05) is 37.4 Å². The minimum atomic E-state index is -0.350. The van der Waals surface area contributed by atoms with Crippen LogP contribution < -0.4 is 10.6 Å². The van der Waals surface area contributed by atoms with E-state index in [1.807, 2.05) is 0 Å². The molecular formula is C21H27N3O4. The normalized spacial score (nSPS) is 19.9. The summed E-state index contributed by atoms with van der Waals surface area (Å²) in [5.41, 5.74) is 1.05. The van der Waals surface area contributed by atoms with Crippen LogP contribution in [0.15, 0.2) is 47.1 Å². The molecule has 1 aromatic heterocycles. The van der Waals surface area contributed by atoms with Gasteiger partial charge in [-0.1, -0.05) is 6.07 Å². The third kappa shape index (κ3) is 5.68. The summed E-state index contributed by atoms with van der Waals surface area (Å²) in [6.07, 6.45) is 2.81. The molecule has 2 amide bonds. The van der Waals surface area contributed by atoms with E-state index in [1.54, 1.807) is 36.4 Å². The number of rotatable bonds is 7. The highest BCUT2D eigenvalue weighted by Gasteiger charge is 2.21. The lowest BCUT2D eigenvalue weighted by molar-refractivity contribution is -0.0680. The fourth-order valence-corrected chi connectivity index (χ4v) is 3.41. The van der Waals surface area contributed by atoms with Crippen molar-refractivity contribution in [2.45, 2.75) is 32.5 Å². The molecular weight excluding hydrogens is 358 g/mol. The Hall–Kier alpha value is -2.64. The van der Waals surface area contributed by atoms with Crippen LogP contribution in [0, 0.1) is 0 Å². The maximum Gasteiger partial charge on any atom is 0.291 e. The molecule has 0 bridgehead atoms. The molecule has 150 valence electrons. The Kier molecular flexibility index (Phi) is 6.84. The smallest absolute Gasteiger partial charge is 0.291 e. The van der Waals surface area contributed by atoms with Gasteiger partial charge in [0.25, 0.3) is 11.8 Å². The summed E-state index contributed by atoms with van der Waals surface area (Å²) in [5, 5.41) is 5.67. The number of furan rings is 1. The molecule has 7 heteroatoms. The second kappa shape index (κ2) is 9.52. The molecule has 2 N–H and O–H groups in total. The summed E-state index contributed by atoms with van der Waals surface area (Å²) in [4.78, 5) is 26.8. The van der Waals surface area contributed by atoms with Crippen molar-refractivity contribution in [3.8, 4) is 0 Å². The van der Waals surface area contributed by atoms with E-state index in [0.29, 0.717) is 17.8 Å². The molecule has 0 spiro atoms. The zero-order valence-electron chi connectivity index (χ0n) is 16.3. The van der Waals surface area contributed by atoms with Crippen LogP contribution in [0.3, 0.4) is 0 Å². The Labute approximate surface area is 165 Å². The highest BCUT2D eigenvalue weighted by Crippen LogP contribution is 2.13. The lowest BCUT2D eigenvalue weighted by Crippen LogP contribution is -2.46. The Balaban J connectivity index is 1.45. The van der Waals surface area contributed by atoms with Crippen LogP contribution in [-0.4, -0.2) is 55.1 Å². The van der Waals surface area contributed by atoms with Gasteiger partial charge < -0.3 is 19.8 Å². The zero-order valence-corrected chi connectivity index (χ0v) is 16.3. The van der Waals surface area contributed by atoms with Gasteiger partial charge in [0.05, 0.1) is 18.5 Å². The van der Waals surface area contributed by atoms with Crippen molar-refractivity contribution in [1.29, 1.82) is 0 Å². The maximum atomic E-state index is 12.4. The van der Waals surface area contributed by atoms with Gasteiger partial charge in [-0.3, -0.25) is 14.5 Å². The highest BCUT2D eigenvalue weighted by molar-refractivity contribution is 6.03. The minimum absolute atomic E-state index is 0.155. The first kappa shape index (κ1) is 20.1. The van der Waals surface area contributed by atoms with E-state index >= 15 is 0 Å². The quantitative estimate of drug-likeness (QED) is 0.716. The SMILES string of the molecule is CC1CN(CCCNC(=O)c2cccc(NC(=O)c3ccco3)c2)CC(C)O1. The number of ether oxygens (including phenoxy) is 1. The average Bonchev–Trinajstić information content (AvgIpc) is 3.19. The summed E-state index contributed by atoms with van der Waals surface area (Å²) in [6, 6.07) is 10.1. The topological polar surface area (TPSA) is 83.8 Å². The Morgan fingerprint density at radius 1 is 1.11 bits per heavy atom. The van der Waals surface area contributed by atoms with Crippen LogP contribution in [0.1, 0.15) is 41.2 Å². The van der Waals surface area contributed by atoms with E-state index in [0.717, 1.165) is 26.1 Å². The Bertz CT molecular complexity index is 781. The third-order valence-corrected chi connectivity index (χ3v) is 4.56. The van der Waals surface area contributed by atoms with Gasteiger partial charge >= 0.3 is 0 Å². The average molecular weight is 385 g/mol. The van der Waals surface area contributed by atoms with E-state index < -0.39 is 0 Å². The van der Waals surface area contributed by atoms with Crippen molar-refractivity contribution in [2.75, 3.05) is 31.5 Å². The Morgan fingerprint density at radius 2 is 1.89 bits per heavy atom. The number of carbonyl (C=O) groups excluding carboxylic acids is 2. The molecule has 1 aliphatic heterocycles. The number of hydrogen-bond acceptors (Lipinski definition) is 5. The van der Waals surface area contributed by atoms with E-state index in [-0.39, 0.29) is 29.8 Å². The van der Waals surface area contributed by atoms with Gasteiger partial charge in [-0.2, -0.15) is 0 Å². The van der Waals surface area contributed by atoms with Gasteiger partial charge in [0.15, 0.2) is 5.76 Å². The monoisotopic (exact) mass is 385 g/mol. The van der Waals surface area contributed by atoms with E-state index in [2.05, 4.69) is 29.4 Å². The largest absolute Gasteiger partial charge is 0.459 e. The molecule has 2 unspecified atom stereocenters. The maximum absolute atomic E-state index is 12.4. The van der Waals surface area contributed by atoms with Gasteiger partial charge in [-0.25, -0.2) is 0 Å². The molecule has 1 saturated heterocycles. The van der Waals surface area contributed by atoms with E-state index in [1.165, 1.54) is 6.26 Å². The molecule has 28 heavy (non-hydrogen) atoms. The molecule has 2 atom stereocenters. The zero-order chi connectivity index (χ0) is 19.9. The summed E-state index contributed by atoms with van der Waals surface area (Å²) < 4.78 is 10.8. The van der Waals surface area contributed by atoms with Gasteiger partial charge in [0.1, 0.15) is 0 Å². The third-order valence-electron chi connectivity index (χ3n) is 4.56. The van der Waals surface area contributed by atoms with Crippen LogP contribution in [0.2, 0.25) is 0 Å². The first-order valence-corrected chi connectivity index (χ1v) is 9.62. The summed E-state index contributed by atoms with van der Waals surface area (Å²) >= 11 is 0. The number of morpholine rings is 1. The lowest BCUT2D eigenvalue weighted by atomic mass is 10.2. The molecule has 3 rings (SSSR count). The summed E-state index contributed by atoms with van der Waals surface area (Å²) in [5.74, 6) is -0.282. The lowest BCUT2D eigenvalue weighted by Gasteiger charge is -2.35. The second-order valence-electron chi connectivity index (χ2n) is 7.14. The fourth-order valence-electron chi connectivity index (χ4n) is 3.41. The predicted octanol–water partition coefficient (Wildman–Crippen LogP) is 2.76. The van der Waals surface area contributed by atoms with E-state index in [9.17, 15) is 9.59 Å². The van der Waals surface area contributed by atoms with Crippen molar-refractivity contribution < 1.29 is 18.7 Å². The number of hydrogen-bond donors (Lipinski definition) is 2. The van der Waals surface area contributed by atoms with Crippen LogP contribution in [-0.2, 0) is 4.74 Å². The fraction of sp³-hybridized carbons (Fsp3) is 0.429. The number of carbonyl (C=O) groups is 2. The van der Waals surface area contributed by atoms with E-state index in [4.69, 9.17) is 9.15 Å². The molecule has 1 fully saturated rings. The number of anilines is 1. The number of nitrogens with zero attached hydrogens (tertiary/aromatic N) is 1. The van der Waals surface area contributed by atoms with Gasteiger partial charge in [0.2, 0.25) is 0 Å². The Morgan fingerprint density at radius 3 is 2.61 bits per heavy atom. The van der Waals surface area contributed by atoms with Crippen molar-refractivity contribution >= 4 is 17.5 Å². The molecule has 2 heterocycles. The molecule has 0 saturated carbocycles. The van der Waals surface area contributed by atoms with Crippen LogP contribution >= 0.6 is 0 Å². The van der Waals surface area contributed by atoms with Crippen molar-refractivity contribution in [3.05, 3.63) is 54.0 Å².